The number of nitrogens with zero attached hydrogens (tertiary/aromatic N) is 1. The number of rotatable bonds is 3. The molecule has 0 spiro atoms. The van der Waals surface area contributed by atoms with E-state index in [0.29, 0.717) is 11.9 Å². The molecule has 1 aliphatic carbocycles. The lowest BCUT2D eigenvalue weighted by molar-refractivity contribution is -0.138. The fourth-order valence-electron chi connectivity index (χ4n) is 4.07. The minimum atomic E-state index is -0.319. The largest absolute Gasteiger partial charge is 0.340 e. The summed E-state index contributed by atoms with van der Waals surface area (Å²) in [4.78, 5) is 15.4. The molecule has 3 nitrogen and oxygen atoms in total. The second-order valence-corrected chi connectivity index (χ2v) is 7.11. The van der Waals surface area contributed by atoms with Gasteiger partial charge in [-0.05, 0) is 50.4 Å². The summed E-state index contributed by atoms with van der Waals surface area (Å²) in [5, 5.41) is 4.06. The Labute approximate surface area is 150 Å². The minimum absolute atomic E-state index is 0. The van der Waals surface area contributed by atoms with E-state index in [1.54, 1.807) is 0 Å². The molecule has 3 rings (SSSR count). The summed E-state index contributed by atoms with van der Waals surface area (Å²) in [6, 6.07) is 8.35. The molecule has 2 fully saturated rings. The Kier molecular flexibility index (Phi) is 6.35. The molecule has 0 aromatic heterocycles. The van der Waals surface area contributed by atoms with Crippen LogP contribution in [0.25, 0.3) is 0 Å². The molecule has 0 radical (unpaired) electrons. The molecule has 2 aliphatic rings. The first kappa shape index (κ1) is 18.6. The Balaban J connectivity index is 0.00000192. The second-order valence-electron chi connectivity index (χ2n) is 6.68. The molecule has 1 amide bonds. The van der Waals surface area contributed by atoms with Crippen molar-refractivity contribution in [2.45, 2.75) is 50.0 Å². The maximum Gasteiger partial charge on any atom is 0.233 e. The van der Waals surface area contributed by atoms with Gasteiger partial charge in [-0.15, -0.1) is 12.4 Å². The average Bonchev–Trinajstić information content (AvgIpc) is 3.05. The molecule has 1 saturated heterocycles. The lowest BCUT2D eigenvalue weighted by Gasteiger charge is -2.39. The van der Waals surface area contributed by atoms with Gasteiger partial charge in [-0.3, -0.25) is 4.79 Å². The van der Waals surface area contributed by atoms with E-state index in [1.165, 1.54) is 0 Å². The quantitative estimate of drug-likeness (QED) is 0.893. The molecule has 5 heteroatoms. The number of hydrogen-bond donors (Lipinski definition) is 1. The van der Waals surface area contributed by atoms with Crippen molar-refractivity contribution in [1.82, 2.24) is 10.2 Å². The molecule has 1 saturated carbocycles. The van der Waals surface area contributed by atoms with Crippen LogP contribution in [0, 0.1) is 0 Å². The molecule has 128 valence electrons. The Morgan fingerprint density at radius 2 is 1.87 bits per heavy atom. The molecular weight excluding hydrogens is 331 g/mol. The van der Waals surface area contributed by atoms with Gasteiger partial charge in [0.15, 0.2) is 0 Å². The van der Waals surface area contributed by atoms with E-state index in [1.807, 2.05) is 31.3 Å². The van der Waals surface area contributed by atoms with Crippen LogP contribution in [-0.4, -0.2) is 37.0 Å². The number of benzene rings is 1. The van der Waals surface area contributed by atoms with Crippen LogP contribution in [0.2, 0.25) is 5.02 Å². The van der Waals surface area contributed by atoms with Gasteiger partial charge in [0.2, 0.25) is 5.91 Å². The normalized spacial score (nSPS) is 23.4. The zero-order valence-electron chi connectivity index (χ0n) is 13.7. The van der Waals surface area contributed by atoms with Crippen LogP contribution in [0.1, 0.15) is 44.1 Å². The van der Waals surface area contributed by atoms with Crippen molar-refractivity contribution >= 4 is 29.9 Å². The number of hydrogen-bond acceptors (Lipinski definition) is 2. The van der Waals surface area contributed by atoms with Crippen molar-refractivity contribution in [3.05, 3.63) is 34.9 Å². The predicted octanol–water partition coefficient (Wildman–Crippen LogP) is 3.78. The Bertz CT molecular complexity index is 526. The summed E-state index contributed by atoms with van der Waals surface area (Å²) >= 11 is 6.03. The fourth-order valence-corrected chi connectivity index (χ4v) is 4.20. The lowest BCUT2D eigenvalue weighted by Crippen LogP contribution is -2.52. The summed E-state index contributed by atoms with van der Waals surface area (Å²) < 4.78 is 0. The number of likely N-dealkylation sites (tertiary alicyclic amines) is 1. The first-order chi connectivity index (χ1) is 10.7. The van der Waals surface area contributed by atoms with E-state index >= 15 is 0 Å². The number of nitrogens with one attached hydrogen (secondary N) is 1. The Hall–Kier alpha value is -0.770. The maximum absolute atomic E-state index is 13.3. The molecule has 1 aromatic carbocycles. The number of amides is 1. The monoisotopic (exact) mass is 356 g/mol. The lowest BCUT2D eigenvalue weighted by atomic mass is 9.77. The summed E-state index contributed by atoms with van der Waals surface area (Å²) in [5.74, 6) is 0.326. The van der Waals surface area contributed by atoms with Crippen LogP contribution in [-0.2, 0) is 10.2 Å². The van der Waals surface area contributed by atoms with Gasteiger partial charge in [-0.25, -0.2) is 0 Å². The zero-order valence-corrected chi connectivity index (χ0v) is 15.3. The highest BCUT2D eigenvalue weighted by atomic mass is 35.5. The van der Waals surface area contributed by atoms with Crippen molar-refractivity contribution < 1.29 is 4.79 Å². The van der Waals surface area contributed by atoms with Crippen molar-refractivity contribution in [1.29, 1.82) is 0 Å². The third kappa shape index (κ3) is 3.67. The highest BCUT2D eigenvalue weighted by molar-refractivity contribution is 6.30. The maximum atomic E-state index is 13.3. The summed E-state index contributed by atoms with van der Waals surface area (Å²) in [6.07, 6.45) is 6.46. The number of carbonyl (C=O) groups is 1. The first-order valence-corrected chi connectivity index (χ1v) is 8.76. The molecule has 23 heavy (non-hydrogen) atoms. The molecule has 1 heterocycles. The number of halogens is 2. The van der Waals surface area contributed by atoms with Crippen molar-refractivity contribution in [3.63, 3.8) is 0 Å². The third-order valence-electron chi connectivity index (χ3n) is 5.38. The Morgan fingerprint density at radius 3 is 2.48 bits per heavy atom. The van der Waals surface area contributed by atoms with Crippen molar-refractivity contribution in [2.24, 2.45) is 0 Å². The first-order valence-electron chi connectivity index (χ1n) is 8.38. The summed E-state index contributed by atoms with van der Waals surface area (Å²) in [7, 11) is 1.99. The van der Waals surface area contributed by atoms with Crippen LogP contribution >= 0.6 is 24.0 Å². The molecular formula is C18H26Cl2N2O. The molecule has 1 unspecified atom stereocenters. The fraction of sp³-hybridized carbons (Fsp3) is 0.611. The van der Waals surface area contributed by atoms with E-state index in [-0.39, 0.29) is 17.8 Å². The van der Waals surface area contributed by atoms with E-state index < -0.39 is 0 Å². The predicted molar refractivity (Wildman–Crippen MR) is 97.5 cm³/mol. The van der Waals surface area contributed by atoms with Gasteiger partial charge < -0.3 is 10.2 Å². The smallest absolute Gasteiger partial charge is 0.233 e. The number of likely N-dealkylation sites (N-methyl/N-ethyl adjacent to an activating group) is 1. The van der Waals surface area contributed by atoms with Crippen molar-refractivity contribution in [3.8, 4) is 0 Å². The number of piperidine rings is 1. The van der Waals surface area contributed by atoms with Gasteiger partial charge in [0.05, 0.1) is 5.41 Å². The minimum Gasteiger partial charge on any atom is -0.340 e. The van der Waals surface area contributed by atoms with Gasteiger partial charge in [0.1, 0.15) is 0 Å². The van der Waals surface area contributed by atoms with E-state index in [9.17, 15) is 4.79 Å². The van der Waals surface area contributed by atoms with Gasteiger partial charge in [-0.2, -0.15) is 0 Å². The third-order valence-corrected chi connectivity index (χ3v) is 5.63. The SMILES string of the molecule is CNC1CCCN(C(=O)C2(c3ccc(Cl)cc3)CCCC2)C1.Cl. The second kappa shape index (κ2) is 7.87. The molecule has 0 bridgehead atoms. The zero-order chi connectivity index (χ0) is 15.6. The van der Waals surface area contributed by atoms with Gasteiger partial charge in [-0.1, -0.05) is 36.6 Å². The average molecular weight is 357 g/mol. The van der Waals surface area contributed by atoms with Gasteiger partial charge in [0.25, 0.3) is 0 Å². The summed E-state index contributed by atoms with van der Waals surface area (Å²) in [6.45, 7) is 1.73. The molecule has 1 N–H and O–H groups in total. The standard InChI is InChI=1S/C18H25ClN2O.ClH/c1-20-16-5-4-12-21(13-16)17(22)18(10-2-3-11-18)14-6-8-15(19)9-7-14;/h6-9,16,20H,2-5,10-13H2,1H3;1H. The highest BCUT2D eigenvalue weighted by Gasteiger charge is 2.45. The van der Waals surface area contributed by atoms with Crippen LogP contribution in [0.15, 0.2) is 24.3 Å². The van der Waals surface area contributed by atoms with E-state index in [2.05, 4.69) is 10.2 Å². The highest BCUT2D eigenvalue weighted by Crippen LogP contribution is 2.43. The van der Waals surface area contributed by atoms with Crippen molar-refractivity contribution in [2.75, 3.05) is 20.1 Å². The topological polar surface area (TPSA) is 32.3 Å². The molecule has 1 aromatic rings. The molecule has 1 aliphatic heterocycles. The summed E-state index contributed by atoms with van der Waals surface area (Å²) in [5.41, 5.74) is 0.825. The number of carbonyl (C=O) groups excluding carboxylic acids is 1. The van der Waals surface area contributed by atoms with Gasteiger partial charge in [0, 0.05) is 24.2 Å². The van der Waals surface area contributed by atoms with Crippen LogP contribution < -0.4 is 5.32 Å². The van der Waals surface area contributed by atoms with E-state index in [4.69, 9.17) is 11.6 Å². The molecule has 1 atom stereocenters. The van der Waals surface area contributed by atoms with E-state index in [0.717, 1.165) is 62.2 Å². The Morgan fingerprint density at radius 1 is 1.22 bits per heavy atom. The van der Waals surface area contributed by atoms with Crippen LogP contribution in [0.5, 0.6) is 0 Å². The van der Waals surface area contributed by atoms with Crippen LogP contribution in [0.3, 0.4) is 0 Å². The van der Waals surface area contributed by atoms with Gasteiger partial charge >= 0.3 is 0 Å². The van der Waals surface area contributed by atoms with Crippen LogP contribution in [0.4, 0.5) is 0 Å².